The quantitative estimate of drug-likeness (QED) is 0.537. The van der Waals surface area contributed by atoms with Crippen molar-refractivity contribution in [3.05, 3.63) is 108 Å². The van der Waals surface area contributed by atoms with Crippen molar-refractivity contribution in [2.24, 2.45) is 0 Å². The molecule has 0 aliphatic carbocycles. The number of benzene rings is 3. The number of hydrogen-bond donors (Lipinski definition) is 1. The predicted octanol–water partition coefficient (Wildman–Crippen LogP) is 5.29. The molecule has 1 aliphatic rings. The van der Waals surface area contributed by atoms with Crippen LogP contribution in [-0.2, 0) is 21.8 Å². The molecule has 4 heteroatoms. The number of rotatable bonds is 7. The SMILES string of the molecule is Cl.c1ccc(CNCCC2CCOC(c3ccccc3)(c3ccccc3)O2)cc1. The summed E-state index contributed by atoms with van der Waals surface area (Å²) in [7, 11) is 0. The molecule has 3 aromatic carbocycles. The van der Waals surface area contributed by atoms with Gasteiger partial charge in [0, 0.05) is 17.7 Å². The average molecular weight is 410 g/mol. The smallest absolute Gasteiger partial charge is 0.222 e. The summed E-state index contributed by atoms with van der Waals surface area (Å²) in [5.41, 5.74) is 3.39. The largest absolute Gasteiger partial charge is 0.342 e. The molecule has 0 saturated carbocycles. The molecule has 3 nitrogen and oxygen atoms in total. The third-order valence-corrected chi connectivity index (χ3v) is 5.20. The van der Waals surface area contributed by atoms with E-state index in [2.05, 4.69) is 53.8 Å². The molecule has 0 spiro atoms. The zero-order chi connectivity index (χ0) is 19.1. The fourth-order valence-electron chi connectivity index (χ4n) is 3.74. The Morgan fingerprint density at radius 1 is 0.793 bits per heavy atom. The Hall–Kier alpha value is -2.17. The Kier molecular flexibility index (Phi) is 7.84. The van der Waals surface area contributed by atoms with Gasteiger partial charge in [0.25, 0.3) is 0 Å². The number of ether oxygens (including phenoxy) is 2. The summed E-state index contributed by atoms with van der Waals surface area (Å²) in [6, 6.07) is 31.0. The Balaban J connectivity index is 0.00000240. The molecule has 1 aliphatic heterocycles. The molecule has 0 amide bonds. The minimum absolute atomic E-state index is 0. The topological polar surface area (TPSA) is 30.5 Å². The molecule has 4 rings (SSSR count). The number of nitrogens with one attached hydrogen (secondary N) is 1. The van der Waals surface area contributed by atoms with Crippen LogP contribution in [0.5, 0.6) is 0 Å². The first-order valence-electron chi connectivity index (χ1n) is 10.0. The summed E-state index contributed by atoms with van der Waals surface area (Å²) in [5.74, 6) is -0.829. The monoisotopic (exact) mass is 409 g/mol. The molecule has 1 fully saturated rings. The van der Waals surface area contributed by atoms with Gasteiger partial charge in [-0.05, 0) is 24.9 Å². The van der Waals surface area contributed by atoms with E-state index in [0.717, 1.165) is 37.1 Å². The lowest BCUT2D eigenvalue weighted by Gasteiger charge is -2.42. The molecule has 1 N–H and O–H groups in total. The summed E-state index contributed by atoms with van der Waals surface area (Å²) >= 11 is 0. The Morgan fingerprint density at radius 2 is 1.34 bits per heavy atom. The molecule has 0 radical (unpaired) electrons. The van der Waals surface area contributed by atoms with Crippen LogP contribution in [0.15, 0.2) is 91.0 Å². The summed E-state index contributed by atoms with van der Waals surface area (Å²) in [4.78, 5) is 0. The molecule has 1 atom stereocenters. The van der Waals surface area contributed by atoms with Crippen molar-refractivity contribution in [1.29, 1.82) is 0 Å². The maximum absolute atomic E-state index is 6.64. The van der Waals surface area contributed by atoms with E-state index in [4.69, 9.17) is 9.47 Å². The van der Waals surface area contributed by atoms with Gasteiger partial charge < -0.3 is 14.8 Å². The van der Waals surface area contributed by atoms with Gasteiger partial charge >= 0.3 is 0 Å². The first kappa shape index (κ1) is 21.5. The van der Waals surface area contributed by atoms with Gasteiger partial charge in [-0.25, -0.2) is 0 Å². The molecule has 152 valence electrons. The minimum Gasteiger partial charge on any atom is -0.342 e. The normalized spacial score (nSPS) is 18.0. The lowest BCUT2D eigenvalue weighted by Crippen LogP contribution is -2.44. The summed E-state index contributed by atoms with van der Waals surface area (Å²) < 4.78 is 12.9. The van der Waals surface area contributed by atoms with Gasteiger partial charge in [-0.1, -0.05) is 91.0 Å². The fourth-order valence-corrected chi connectivity index (χ4v) is 3.74. The lowest BCUT2D eigenvalue weighted by molar-refractivity contribution is -0.279. The van der Waals surface area contributed by atoms with Crippen LogP contribution in [-0.4, -0.2) is 19.3 Å². The standard InChI is InChI=1S/C25H27NO2.ClH/c1-4-10-21(11-5-1)20-26-18-16-24-17-19-27-25(28-24,22-12-6-2-7-13-22)23-14-8-3-9-15-23;/h1-15,24,26H,16-20H2;1H. The zero-order valence-electron chi connectivity index (χ0n) is 16.5. The van der Waals surface area contributed by atoms with Gasteiger partial charge in [-0.2, -0.15) is 0 Å². The summed E-state index contributed by atoms with van der Waals surface area (Å²) in [5, 5.41) is 3.54. The van der Waals surface area contributed by atoms with Gasteiger partial charge in [0.15, 0.2) is 0 Å². The molecule has 3 aromatic rings. The van der Waals surface area contributed by atoms with Crippen LogP contribution in [0.3, 0.4) is 0 Å². The zero-order valence-corrected chi connectivity index (χ0v) is 17.3. The Bertz CT molecular complexity index is 803. The lowest BCUT2D eigenvalue weighted by atomic mass is 9.95. The van der Waals surface area contributed by atoms with Gasteiger partial charge in [0.2, 0.25) is 5.79 Å². The minimum atomic E-state index is -0.829. The van der Waals surface area contributed by atoms with Crippen molar-refractivity contribution in [3.63, 3.8) is 0 Å². The number of hydrogen-bond acceptors (Lipinski definition) is 3. The van der Waals surface area contributed by atoms with Crippen LogP contribution >= 0.6 is 12.4 Å². The van der Waals surface area contributed by atoms with E-state index in [0.29, 0.717) is 6.61 Å². The molecular formula is C25H28ClNO2. The second-order valence-electron chi connectivity index (χ2n) is 7.18. The second-order valence-corrected chi connectivity index (χ2v) is 7.18. The fraction of sp³-hybridized carbons (Fsp3) is 0.280. The van der Waals surface area contributed by atoms with Crippen LogP contribution in [0, 0.1) is 0 Å². The van der Waals surface area contributed by atoms with Crippen LogP contribution in [0.25, 0.3) is 0 Å². The van der Waals surface area contributed by atoms with Gasteiger partial charge in [0.05, 0.1) is 12.7 Å². The Morgan fingerprint density at radius 3 is 1.93 bits per heavy atom. The van der Waals surface area contributed by atoms with E-state index in [1.54, 1.807) is 0 Å². The van der Waals surface area contributed by atoms with Crippen LogP contribution in [0.1, 0.15) is 29.5 Å². The van der Waals surface area contributed by atoms with Crippen LogP contribution in [0.4, 0.5) is 0 Å². The molecular weight excluding hydrogens is 382 g/mol. The van der Waals surface area contributed by atoms with Crippen molar-refractivity contribution in [3.8, 4) is 0 Å². The van der Waals surface area contributed by atoms with Crippen molar-refractivity contribution in [1.82, 2.24) is 5.32 Å². The predicted molar refractivity (Wildman–Crippen MR) is 119 cm³/mol. The van der Waals surface area contributed by atoms with Crippen molar-refractivity contribution in [2.45, 2.75) is 31.3 Å². The van der Waals surface area contributed by atoms with E-state index < -0.39 is 5.79 Å². The molecule has 0 aromatic heterocycles. The summed E-state index contributed by atoms with van der Waals surface area (Å²) in [6.45, 7) is 2.49. The Labute approximate surface area is 179 Å². The highest BCUT2D eigenvalue weighted by Gasteiger charge is 2.41. The van der Waals surface area contributed by atoms with Crippen molar-refractivity contribution >= 4 is 12.4 Å². The van der Waals surface area contributed by atoms with E-state index in [-0.39, 0.29) is 18.5 Å². The molecule has 29 heavy (non-hydrogen) atoms. The van der Waals surface area contributed by atoms with E-state index in [1.807, 2.05) is 42.5 Å². The maximum Gasteiger partial charge on any atom is 0.222 e. The highest BCUT2D eigenvalue weighted by atomic mass is 35.5. The highest BCUT2D eigenvalue weighted by Crippen LogP contribution is 2.40. The van der Waals surface area contributed by atoms with E-state index >= 15 is 0 Å². The molecule has 1 heterocycles. The molecule has 1 unspecified atom stereocenters. The van der Waals surface area contributed by atoms with E-state index in [9.17, 15) is 0 Å². The van der Waals surface area contributed by atoms with Crippen molar-refractivity contribution in [2.75, 3.05) is 13.2 Å². The van der Waals surface area contributed by atoms with Gasteiger partial charge in [-0.3, -0.25) is 0 Å². The van der Waals surface area contributed by atoms with Gasteiger partial charge in [0.1, 0.15) is 0 Å². The van der Waals surface area contributed by atoms with Crippen molar-refractivity contribution < 1.29 is 9.47 Å². The summed E-state index contributed by atoms with van der Waals surface area (Å²) in [6.07, 6.45) is 2.02. The number of halogens is 1. The van der Waals surface area contributed by atoms with Gasteiger partial charge in [-0.15, -0.1) is 12.4 Å². The maximum atomic E-state index is 6.64. The van der Waals surface area contributed by atoms with Crippen LogP contribution < -0.4 is 5.32 Å². The first-order chi connectivity index (χ1) is 13.9. The first-order valence-corrected chi connectivity index (χ1v) is 10.0. The second kappa shape index (κ2) is 10.6. The molecule has 0 bridgehead atoms. The third kappa shape index (κ3) is 5.26. The highest BCUT2D eigenvalue weighted by molar-refractivity contribution is 5.85. The molecule has 1 saturated heterocycles. The average Bonchev–Trinajstić information content (AvgIpc) is 2.79. The van der Waals surface area contributed by atoms with Crippen LogP contribution in [0.2, 0.25) is 0 Å². The van der Waals surface area contributed by atoms with E-state index in [1.165, 1.54) is 5.56 Å². The third-order valence-electron chi connectivity index (χ3n) is 5.20.